The third-order valence-electron chi connectivity index (χ3n) is 3.30. The van der Waals surface area contributed by atoms with Crippen molar-refractivity contribution in [2.75, 3.05) is 0 Å². The van der Waals surface area contributed by atoms with Gasteiger partial charge in [-0.1, -0.05) is 6.07 Å². The van der Waals surface area contributed by atoms with Gasteiger partial charge < -0.3 is 8.98 Å². The average molecular weight is 240 g/mol. The minimum absolute atomic E-state index is 0.892. The zero-order valence-electron chi connectivity index (χ0n) is 10.7. The Hall–Kier alpha value is -2.03. The van der Waals surface area contributed by atoms with E-state index in [9.17, 15) is 0 Å². The molecule has 2 aromatic heterocycles. The first-order valence-electron chi connectivity index (χ1n) is 6.18. The molecule has 3 aromatic rings. The number of rotatable bonds is 3. The second-order valence-corrected chi connectivity index (χ2v) is 4.66. The molecule has 3 heteroatoms. The van der Waals surface area contributed by atoms with Crippen molar-refractivity contribution in [3.05, 3.63) is 53.7 Å². The van der Waals surface area contributed by atoms with E-state index < -0.39 is 0 Å². The number of imidazole rings is 1. The number of aromatic nitrogens is 2. The SMILES string of the molecule is Cc1ccc2nc(CCc3ccco3)n(C)c2c1. The highest BCUT2D eigenvalue weighted by molar-refractivity contribution is 5.76. The lowest BCUT2D eigenvalue weighted by Gasteiger charge is -2.01. The quantitative estimate of drug-likeness (QED) is 0.703. The Bertz CT molecular complexity index is 665. The van der Waals surface area contributed by atoms with Crippen LogP contribution in [0.15, 0.2) is 41.0 Å². The Morgan fingerprint density at radius 2 is 2.11 bits per heavy atom. The molecule has 0 atom stereocenters. The molecule has 0 radical (unpaired) electrons. The van der Waals surface area contributed by atoms with Gasteiger partial charge in [-0.3, -0.25) is 0 Å². The van der Waals surface area contributed by atoms with Crippen LogP contribution in [0.3, 0.4) is 0 Å². The fourth-order valence-electron chi connectivity index (χ4n) is 2.26. The summed E-state index contributed by atoms with van der Waals surface area (Å²) in [6.45, 7) is 2.11. The van der Waals surface area contributed by atoms with Crippen LogP contribution < -0.4 is 0 Å². The molecule has 3 nitrogen and oxygen atoms in total. The zero-order chi connectivity index (χ0) is 12.5. The Morgan fingerprint density at radius 3 is 2.89 bits per heavy atom. The first kappa shape index (κ1) is 11.1. The van der Waals surface area contributed by atoms with Gasteiger partial charge >= 0.3 is 0 Å². The average Bonchev–Trinajstić information content (AvgIpc) is 2.97. The van der Waals surface area contributed by atoms with E-state index in [1.54, 1.807) is 6.26 Å². The minimum Gasteiger partial charge on any atom is -0.469 e. The van der Waals surface area contributed by atoms with Crippen LogP contribution in [0.5, 0.6) is 0 Å². The number of furan rings is 1. The van der Waals surface area contributed by atoms with Crippen LogP contribution in [-0.4, -0.2) is 9.55 Å². The van der Waals surface area contributed by atoms with Gasteiger partial charge in [0.1, 0.15) is 11.6 Å². The molecule has 0 N–H and O–H groups in total. The second-order valence-electron chi connectivity index (χ2n) is 4.66. The molecule has 0 saturated heterocycles. The van der Waals surface area contributed by atoms with Crippen molar-refractivity contribution in [2.24, 2.45) is 7.05 Å². The molecular formula is C15H16N2O. The van der Waals surface area contributed by atoms with E-state index in [-0.39, 0.29) is 0 Å². The summed E-state index contributed by atoms with van der Waals surface area (Å²) in [7, 11) is 2.08. The van der Waals surface area contributed by atoms with Crippen molar-refractivity contribution < 1.29 is 4.42 Å². The highest BCUT2D eigenvalue weighted by Gasteiger charge is 2.08. The Balaban J connectivity index is 1.90. The van der Waals surface area contributed by atoms with E-state index in [1.807, 2.05) is 12.1 Å². The van der Waals surface area contributed by atoms with Crippen molar-refractivity contribution >= 4 is 11.0 Å². The summed E-state index contributed by atoms with van der Waals surface area (Å²) in [5, 5.41) is 0. The van der Waals surface area contributed by atoms with Crippen molar-refractivity contribution in [2.45, 2.75) is 19.8 Å². The smallest absolute Gasteiger partial charge is 0.110 e. The van der Waals surface area contributed by atoms with Crippen LogP contribution in [0.1, 0.15) is 17.1 Å². The molecule has 0 fully saturated rings. The molecule has 0 unspecified atom stereocenters. The van der Waals surface area contributed by atoms with Crippen LogP contribution in [-0.2, 0) is 19.9 Å². The first-order chi connectivity index (χ1) is 8.74. The Kier molecular flexibility index (Phi) is 2.67. The maximum absolute atomic E-state index is 5.35. The van der Waals surface area contributed by atoms with Crippen molar-refractivity contribution in [3.63, 3.8) is 0 Å². The molecule has 0 spiro atoms. The minimum atomic E-state index is 0.892. The molecule has 92 valence electrons. The molecule has 2 heterocycles. The molecule has 0 bridgehead atoms. The summed E-state index contributed by atoms with van der Waals surface area (Å²) < 4.78 is 7.52. The van der Waals surface area contributed by atoms with Crippen molar-refractivity contribution in [3.8, 4) is 0 Å². The predicted octanol–water partition coefficient (Wildman–Crippen LogP) is 3.26. The van der Waals surface area contributed by atoms with Gasteiger partial charge in [0.15, 0.2) is 0 Å². The van der Waals surface area contributed by atoms with Gasteiger partial charge in [0, 0.05) is 19.9 Å². The predicted molar refractivity (Wildman–Crippen MR) is 71.6 cm³/mol. The molecule has 1 aromatic carbocycles. The summed E-state index contributed by atoms with van der Waals surface area (Å²) in [5.74, 6) is 2.12. The summed E-state index contributed by atoms with van der Waals surface area (Å²) in [4.78, 5) is 4.67. The van der Waals surface area contributed by atoms with Crippen LogP contribution in [0.4, 0.5) is 0 Å². The Morgan fingerprint density at radius 1 is 1.22 bits per heavy atom. The molecule has 0 aliphatic rings. The van der Waals surface area contributed by atoms with Gasteiger partial charge in [-0.15, -0.1) is 0 Å². The van der Waals surface area contributed by atoms with E-state index in [0.717, 1.165) is 29.9 Å². The Labute approximate surface area is 106 Å². The lowest BCUT2D eigenvalue weighted by Crippen LogP contribution is -1.99. The van der Waals surface area contributed by atoms with Gasteiger partial charge in [-0.2, -0.15) is 0 Å². The lowest BCUT2D eigenvalue weighted by atomic mass is 10.2. The molecule has 18 heavy (non-hydrogen) atoms. The highest BCUT2D eigenvalue weighted by Crippen LogP contribution is 2.17. The topological polar surface area (TPSA) is 31.0 Å². The second kappa shape index (κ2) is 4.33. The molecule has 0 amide bonds. The standard InChI is InChI=1S/C15H16N2O/c1-11-5-7-13-14(10-11)17(2)15(16-13)8-6-12-4-3-9-18-12/h3-5,7,9-10H,6,8H2,1-2H3. The van der Waals surface area contributed by atoms with Crippen LogP contribution >= 0.6 is 0 Å². The van der Waals surface area contributed by atoms with Gasteiger partial charge in [0.2, 0.25) is 0 Å². The van der Waals surface area contributed by atoms with Crippen LogP contribution in [0, 0.1) is 6.92 Å². The van der Waals surface area contributed by atoms with Crippen molar-refractivity contribution in [1.82, 2.24) is 9.55 Å². The molecular weight excluding hydrogens is 224 g/mol. The zero-order valence-corrected chi connectivity index (χ0v) is 10.7. The number of hydrogen-bond acceptors (Lipinski definition) is 2. The maximum atomic E-state index is 5.35. The highest BCUT2D eigenvalue weighted by atomic mass is 16.3. The third-order valence-corrected chi connectivity index (χ3v) is 3.30. The van der Waals surface area contributed by atoms with Crippen molar-refractivity contribution in [1.29, 1.82) is 0 Å². The van der Waals surface area contributed by atoms with Crippen LogP contribution in [0.2, 0.25) is 0 Å². The summed E-state index contributed by atoms with van der Waals surface area (Å²) >= 11 is 0. The fraction of sp³-hybridized carbons (Fsp3) is 0.267. The number of benzene rings is 1. The fourth-order valence-corrected chi connectivity index (χ4v) is 2.26. The molecule has 0 aliphatic carbocycles. The van der Waals surface area contributed by atoms with Gasteiger partial charge in [0.05, 0.1) is 17.3 Å². The molecule has 3 rings (SSSR count). The van der Waals surface area contributed by atoms with E-state index >= 15 is 0 Å². The number of nitrogens with zero attached hydrogens (tertiary/aromatic N) is 2. The van der Waals surface area contributed by atoms with E-state index in [4.69, 9.17) is 4.42 Å². The summed E-state index contributed by atoms with van der Waals surface area (Å²) in [6.07, 6.45) is 3.51. The summed E-state index contributed by atoms with van der Waals surface area (Å²) in [5.41, 5.74) is 3.53. The number of aryl methyl sites for hydroxylation is 4. The monoisotopic (exact) mass is 240 g/mol. The van der Waals surface area contributed by atoms with E-state index in [0.29, 0.717) is 0 Å². The summed E-state index contributed by atoms with van der Waals surface area (Å²) in [6, 6.07) is 10.3. The van der Waals surface area contributed by atoms with E-state index in [2.05, 4.69) is 41.7 Å². The van der Waals surface area contributed by atoms with Crippen LogP contribution in [0.25, 0.3) is 11.0 Å². The normalized spacial score (nSPS) is 11.2. The molecule has 0 aliphatic heterocycles. The first-order valence-corrected chi connectivity index (χ1v) is 6.18. The lowest BCUT2D eigenvalue weighted by molar-refractivity contribution is 0.505. The van der Waals surface area contributed by atoms with Gasteiger partial charge in [-0.25, -0.2) is 4.98 Å². The maximum Gasteiger partial charge on any atom is 0.110 e. The van der Waals surface area contributed by atoms with E-state index in [1.165, 1.54) is 11.1 Å². The number of fused-ring (bicyclic) bond motifs is 1. The molecule has 0 saturated carbocycles. The van der Waals surface area contributed by atoms with Gasteiger partial charge in [0.25, 0.3) is 0 Å². The van der Waals surface area contributed by atoms with Gasteiger partial charge in [-0.05, 0) is 36.8 Å². The number of hydrogen-bond donors (Lipinski definition) is 0. The third kappa shape index (κ3) is 1.92. The largest absolute Gasteiger partial charge is 0.469 e.